The molecule has 4 aromatic carbocycles. The molecule has 0 atom stereocenters. The van der Waals surface area contributed by atoms with Crippen LogP contribution in [0.25, 0.3) is 49.3 Å². The average Bonchev–Trinajstić information content (AvgIpc) is 3.21. The molecule has 0 fully saturated rings. The predicted molar refractivity (Wildman–Crippen MR) is 120 cm³/mol. The Morgan fingerprint density at radius 2 is 1.21 bits per heavy atom. The lowest BCUT2D eigenvalue weighted by Crippen LogP contribution is -1.98. The topological polar surface area (TPSA) is 9.86 Å². The van der Waals surface area contributed by atoms with Gasteiger partial charge in [0.2, 0.25) is 0 Å². The van der Waals surface area contributed by atoms with Crippen molar-refractivity contribution in [2.75, 3.05) is 0 Å². The van der Waals surface area contributed by atoms with E-state index in [1.54, 1.807) is 0 Å². The molecule has 134 valence electrons. The van der Waals surface area contributed by atoms with Gasteiger partial charge in [-0.15, -0.1) is 0 Å². The van der Waals surface area contributed by atoms with Gasteiger partial charge in [-0.05, 0) is 36.8 Å². The number of hydrogen-bond donors (Lipinski definition) is 0. The maximum Gasteiger partial charge on any atom is 0.0733 e. The minimum Gasteiger partial charge on any atom is -0.342 e. The van der Waals surface area contributed by atoms with Crippen molar-refractivity contribution in [3.05, 3.63) is 90.5 Å². The van der Waals surface area contributed by atoms with Gasteiger partial charge >= 0.3 is 0 Å². The molecule has 0 bridgehead atoms. The molecule has 2 nitrogen and oxygen atoms in total. The van der Waals surface area contributed by atoms with Crippen molar-refractivity contribution in [1.29, 1.82) is 0 Å². The van der Waals surface area contributed by atoms with E-state index in [0.29, 0.717) is 0 Å². The second-order valence-corrected chi connectivity index (χ2v) is 7.62. The van der Waals surface area contributed by atoms with Crippen molar-refractivity contribution in [2.45, 2.75) is 6.92 Å². The minimum absolute atomic E-state index is 1.23. The Balaban J connectivity index is 1.87. The van der Waals surface area contributed by atoms with Gasteiger partial charge < -0.3 is 9.13 Å². The number of para-hydroxylation sites is 3. The molecule has 0 radical (unpaired) electrons. The predicted octanol–water partition coefficient (Wildman–Crippen LogP) is 6.74. The third-order valence-electron chi connectivity index (χ3n) is 5.98. The van der Waals surface area contributed by atoms with Crippen molar-refractivity contribution in [3.63, 3.8) is 0 Å². The third-order valence-corrected chi connectivity index (χ3v) is 5.98. The van der Waals surface area contributed by atoms with Gasteiger partial charge in [0, 0.05) is 34.1 Å². The highest BCUT2D eigenvalue weighted by molar-refractivity contribution is 6.14. The molecule has 28 heavy (non-hydrogen) atoms. The summed E-state index contributed by atoms with van der Waals surface area (Å²) in [6.07, 6.45) is 0. The van der Waals surface area contributed by atoms with E-state index in [9.17, 15) is 0 Å². The fourth-order valence-electron chi connectivity index (χ4n) is 4.74. The van der Waals surface area contributed by atoms with Gasteiger partial charge in [0.15, 0.2) is 0 Å². The van der Waals surface area contributed by atoms with Gasteiger partial charge in [-0.25, -0.2) is 0 Å². The summed E-state index contributed by atoms with van der Waals surface area (Å²) < 4.78 is 4.76. The van der Waals surface area contributed by atoms with Crippen LogP contribution in [0, 0.1) is 6.92 Å². The molecule has 0 unspecified atom stereocenters. The number of nitrogens with zero attached hydrogens (tertiary/aromatic N) is 2. The number of rotatable bonds is 1. The highest BCUT2D eigenvalue weighted by atomic mass is 15.0. The lowest BCUT2D eigenvalue weighted by atomic mass is 10.1. The van der Waals surface area contributed by atoms with Crippen LogP contribution in [0.15, 0.2) is 84.9 Å². The zero-order chi connectivity index (χ0) is 18.8. The first-order valence-electron chi connectivity index (χ1n) is 9.70. The quantitative estimate of drug-likeness (QED) is 0.307. The van der Waals surface area contributed by atoms with E-state index >= 15 is 0 Å². The number of hydrogen-bond acceptors (Lipinski definition) is 0. The second kappa shape index (κ2) is 5.49. The van der Waals surface area contributed by atoms with Gasteiger partial charge in [0.05, 0.1) is 22.2 Å². The van der Waals surface area contributed by atoms with Crippen molar-refractivity contribution in [1.82, 2.24) is 9.13 Å². The number of fused-ring (bicyclic) bond motifs is 6. The molecule has 0 N–H and O–H groups in total. The van der Waals surface area contributed by atoms with Crippen LogP contribution in [0.1, 0.15) is 5.56 Å². The Kier molecular flexibility index (Phi) is 3.05. The van der Waals surface area contributed by atoms with Gasteiger partial charge in [-0.3, -0.25) is 0 Å². The summed E-state index contributed by atoms with van der Waals surface area (Å²) in [6, 6.07) is 30.8. The van der Waals surface area contributed by atoms with Crippen LogP contribution in [0.4, 0.5) is 0 Å². The normalized spacial score (nSPS) is 11.9. The Bertz CT molecular complexity index is 1530. The third kappa shape index (κ3) is 1.92. The molecule has 6 rings (SSSR count). The molecule has 2 aromatic heterocycles. The van der Waals surface area contributed by atoms with Crippen LogP contribution in [0.2, 0.25) is 0 Å². The van der Waals surface area contributed by atoms with E-state index in [0.717, 1.165) is 0 Å². The Labute approximate surface area is 163 Å². The maximum atomic E-state index is 2.43. The lowest BCUT2D eigenvalue weighted by molar-refractivity contribution is 1.00. The van der Waals surface area contributed by atoms with Gasteiger partial charge in [-0.1, -0.05) is 60.7 Å². The molecule has 0 spiro atoms. The first kappa shape index (κ1) is 15.5. The van der Waals surface area contributed by atoms with Gasteiger partial charge in [0.1, 0.15) is 0 Å². The highest BCUT2D eigenvalue weighted by Crippen LogP contribution is 2.37. The Hall–Kier alpha value is -3.52. The van der Waals surface area contributed by atoms with E-state index in [1.165, 1.54) is 54.9 Å². The smallest absolute Gasteiger partial charge is 0.0733 e. The zero-order valence-corrected chi connectivity index (χ0v) is 16.0. The Morgan fingerprint density at radius 3 is 2.04 bits per heavy atom. The first-order chi connectivity index (χ1) is 13.7. The molecular formula is C26H20N2. The SMILES string of the molecule is Cc1ccc2c3ccccc3n(-c3cccc4c5ccccc5n(C)c34)c2c1. The van der Waals surface area contributed by atoms with Crippen LogP contribution in [0.5, 0.6) is 0 Å². The summed E-state index contributed by atoms with van der Waals surface area (Å²) in [5.74, 6) is 0. The number of aromatic nitrogens is 2. The van der Waals surface area contributed by atoms with Crippen molar-refractivity contribution in [3.8, 4) is 5.69 Å². The fourth-order valence-corrected chi connectivity index (χ4v) is 4.74. The summed E-state index contributed by atoms with van der Waals surface area (Å²) in [7, 11) is 2.17. The summed E-state index contributed by atoms with van der Waals surface area (Å²) in [5, 5.41) is 5.21. The van der Waals surface area contributed by atoms with E-state index in [-0.39, 0.29) is 0 Å². The van der Waals surface area contributed by atoms with E-state index in [2.05, 4.69) is 108 Å². The molecule has 6 aromatic rings. The number of benzene rings is 4. The van der Waals surface area contributed by atoms with Crippen LogP contribution >= 0.6 is 0 Å². The van der Waals surface area contributed by atoms with E-state index < -0.39 is 0 Å². The highest BCUT2D eigenvalue weighted by Gasteiger charge is 2.17. The molecule has 2 heterocycles. The first-order valence-corrected chi connectivity index (χ1v) is 9.70. The summed E-state index contributed by atoms with van der Waals surface area (Å²) >= 11 is 0. The minimum atomic E-state index is 1.23. The summed E-state index contributed by atoms with van der Waals surface area (Å²) in [4.78, 5) is 0. The second-order valence-electron chi connectivity index (χ2n) is 7.62. The Morgan fingerprint density at radius 1 is 0.571 bits per heavy atom. The van der Waals surface area contributed by atoms with Gasteiger partial charge in [0.25, 0.3) is 0 Å². The van der Waals surface area contributed by atoms with Crippen LogP contribution in [-0.4, -0.2) is 9.13 Å². The lowest BCUT2D eigenvalue weighted by Gasteiger charge is -2.11. The van der Waals surface area contributed by atoms with Crippen LogP contribution in [-0.2, 0) is 7.05 Å². The number of aryl methyl sites for hydroxylation is 2. The molecular weight excluding hydrogens is 340 g/mol. The standard InChI is InChI=1S/C26H20N2/c1-17-14-15-20-18-8-4-6-12-23(18)28(25(20)16-17)24-13-7-10-21-19-9-3-5-11-22(19)27(2)26(21)24/h3-16H,1-2H3. The zero-order valence-electron chi connectivity index (χ0n) is 16.0. The van der Waals surface area contributed by atoms with E-state index in [4.69, 9.17) is 0 Å². The fraction of sp³-hybridized carbons (Fsp3) is 0.0769. The summed E-state index contributed by atoms with van der Waals surface area (Å²) in [6.45, 7) is 2.17. The average molecular weight is 360 g/mol. The van der Waals surface area contributed by atoms with Crippen molar-refractivity contribution >= 4 is 43.6 Å². The van der Waals surface area contributed by atoms with Crippen LogP contribution < -0.4 is 0 Å². The largest absolute Gasteiger partial charge is 0.342 e. The molecule has 0 aliphatic carbocycles. The van der Waals surface area contributed by atoms with Crippen molar-refractivity contribution < 1.29 is 0 Å². The molecule has 0 amide bonds. The molecule has 0 aliphatic rings. The van der Waals surface area contributed by atoms with E-state index in [1.807, 2.05) is 0 Å². The summed E-state index contributed by atoms with van der Waals surface area (Å²) in [5.41, 5.74) is 7.56. The molecule has 2 heteroatoms. The monoisotopic (exact) mass is 360 g/mol. The molecule has 0 aliphatic heterocycles. The van der Waals surface area contributed by atoms with Crippen molar-refractivity contribution in [2.24, 2.45) is 7.05 Å². The molecule has 0 saturated carbocycles. The van der Waals surface area contributed by atoms with Gasteiger partial charge in [-0.2, -0.15) is 0 Å². The molecule has 0 saturated heterocycles. The van der Waals surface area contributed by atoms with Crippen LogP contribution in [0.3, 0.4) is 0 Å². The maximum absolute atomic E-state index is 2.43.